The third kappa shape index (κ3) is 3.49. The largest absolute Gasteiger partial charge is 0.452 e. The van der Waals surface area contributed by atoms with E-state index in [9.17, 15) is 9.59 Å². The molecule has 1 heterocycles. The van der Waals surface area contributed by atoms with Crippen LogP contribution in [0.3, 0.4) is 0 Å². The van der Waals surface area contributed by atoms with Crippen molar-refractivity contribution in [3.8, 4) is 11.4 Å². The van der Waals surface area contributed by atoms with Crippen LogP contribution >= 0.6 is 11.6 Å². The van der Waals surface area contributed by atoms with E-state index in [1.807, 2.05) is 0 Å². The number of halogens is 1. The maximum Gasteiger partial charge on any atom is 0.338 e. The van der Waals surface area contributed by atoms with Gasteiger partial charge in [0.15, 0.2) is 6.61 Å². The highest BCUT2D eigenvalue weighted by Crippen LogP contribution is 2.24. The van der Waals surface area contributed by atoms with Gasteiger partial charge in [0.1, 0.15) is 6.29 Å². The maximum atomic E-state index is 11.9. The predicted molar refractivity (Wildman–Crippen MR) is 85.7 cm³/mol. The number of nitrogens with zero attached hydrogens (tertiary/aromatic N) is 2. The minimum absolute atomic E-state index is 0.155. The molecule has 3 aromatic rings. The van der Waals surface area contributed by atoms with Crippen molar-refractivity contribution in [2.24, 2.45) is 0 Å². The van der Waals surface area contributed by atoms with Crippen LogP contribution in [-0.4, -0.2) is 22.4 Å². The molecule has 0 unspecified atom stereocenters. The molecule has 7 heteroatoms. The zero-order chi connectivity index (χ0) is 16.9. The van der Waals surface area contributed by atoms with Crippen LogP contribution in [0.5, 0.6) is 0 Å². The first-order chi connectivity index (χ1) is 11.7. The van der Waals surface area contributed by atoms with Crippen molar-refractivity contribution in [3.05, 3.63) is 70.6 Å². The van der Waals surface area contributed by atoms with E-state index in [1.165, 1.54) is 24.3 Å². The molecule has 0 saturated heterocycles. The van der Waals surface area contributed by atoms with Crippen LogP contribution in [0.1, 0.15) is 26.6 Å². The summed E-state index contributed by atoms with van der Waals surface area (Å²) in [6, 6.07) is 13.2. The average Bonchev–Trinajstić information content (AvgIpc) is 3.09. The molecule has 0 aliphatic carbocycles. The quantitative estimate of drug-likeness (QED) is 0.521. The van der Waals surface area contributed by atoms with Gasteiger partial charge in [-0.15, -0.1) is 0 Å². The van der Waals surface area contributed by atoms with Crippen LogP contribution in [0.15, 0.2) is 53.1 Å². The molecule has 0 bridgehead atoms. The molecule has 120 valence electrons. The molecule has 0 spiro atoms. The smallest absolute Gasteiger partial charge is 0.338 e. The molecule has 0 atom stereocenters. The van der Waals surface area contributed by atoms with Crippen LogP contribution in [0.25, 0.3) is 11.4 Å². The van der Waals surface area contributed by atoms with Crippen LogP contribution in [0.2, 0.25) is 5.02 Å². The highest BCUT2D eigenvalue weighted by molar-refractivity contribution is 6.33. The minimum atomic E-state index is -0.551. The molecule has 0 aliphatic rings. The lowest BCUT2D eigenvalue weighted by Gasteiger charge is -2.01. The zero-order valence-corrected chi connectivity index (χ0v) is 13.1. The van der Waals surface area contributed by atoms with E-state index in [0.29, 0.717) is 33.8 Å². The first-order valence-corrected chi connectivity index (χ1v) is 7.35. The summed E-state index contributed by atoms with van der Waals surface area (Å²) >= 11 is 6.07. The summed E-state index contributed by atoms with van der Waals surface area (Å²) in [4.78, 5) is 26.7. The SMILES string of the molecule is O=Cc1ccc(C(=O)OCc2nc(-c3ccccc3Cl)no2)cc1. The van der Waals surface area contributed by atoms with Gasteiger partial charge in [-0.25, -0.2) is 4.79 Å². The summed E-state index contributed by atoms with van der Waals surface area (Å²) in [6.45, 7) is -0.161. The Morgan fingerprint density at radius 2 is 1.92 bits per heavy atom. The number of carbonyl (C=O) groups is 2. The van der Waals surface area contributed by atoms with Crippen LogP contribution in [0, 0.1) is 0 Å². The predicted octanol–water partition coefficient (Wildman–Crippen LogP) is 3.56. The third-order valence-corrected chi connectivity index (χ3v) is 3.52. The first-order valence-electron chi connectivity index (χ1n) is 6.97. The maximum absolute atomic E-state index is 11.9. The summed E-state index contributed by atoms with van der Waals surface area (Å²) in [5, 5.41) is 4.32. The normalized spacial score (nSPS) is 10.4. The van der Waals surface area contributed by atoms with Gasteiger partial charge in [-0.1, -0.05) is 41.0 Å². The van der Waals surface area contributed by atoms with Gasteiger partial charge in [-0.05, 0) is 24.3 Å². The molecule has 0 aliphatic heterocycles. The van der Waals surface area contributed by atoms with Crippen molar-refractivity contribution in [3.63, 3.8) is 0 Å². The fourth-order valence-corrected chi connectivity index (χ4v) is 2.19. The molecule has 2 aromatic carbocycles. The Balaban J connectivity index is 1.66. The monoisotopic (exact) mass is 342 g/mol. The van der Waals surface area contributed by atoms with Gasteiger partial charge < -0.3 is 9.26 Å². The molecule has 1 aromatic heterocycles. The Morgan fingerprint density at radius 3 is 2.62 bits per heavy atom. The van der Waals surface area contributed by atoms with Crippen molar-refractivity contribution in [1.82, 2.24) is 10.1 Å². The molecule has 0 fully saturated rings. The van der Waals surface area contributed by atoms with Crippen molar-refractivity contribution in [2.75, 3.05) is 0 Å². The van der Waals surface area contributed by atoms with Crippen LogP contribution < -0.4 is 0 Å². The molecule has 24 heavy (non-hydrogen) atoms. The van der Waals surface area contributed by atoms with Crippen molar-refractivity contribution in [1.29, 1.82) is 0 Å². The second-order valence-electron chi connectivity index (χ2n) is 4.81. The number of rotatable bonds is 5. The van der Waals surface area contributed by atoms with E-state index >= 15 is 0 Å². The van der Waals surface area contributed by atoms with Gasteiger partial charge in [0, 0.05) is 11.1 Å². The van der Waals surface area contributed by atoms with Gasteiger partial charge >= 0.3 is 5.97 Å². The van der Waals surface area contributed by atoms with Crippen molar-refractivity contribution < 1.29 is 18.8 Å². The molecule has 0 amide bonds. The lowest BCUT2D eigenvalue weighted by molar-refractivity contribution is 0.0429. The number of hydrogen-bond acceptors (Lipinski definition) is 6. The number of aromatic nitrogens is 2. The average molecular weight is 343 g/mol. The zero-order valence-electron chi connectivity index (χ0n) is 12.3. The van der Waals surface area contributed by atoms with Gasteiger partial charge in [0.05, 0.1) is 10.6 Å². The molecule has 6 nitrogen and oxygen atoms in total. The minimum Gasteiger partial charge on any atom is -0.452 e. The highest BCUT2D eigenvalue weighted by Gasteiger charge is 2.14. The number of aldehydes is 1. The summed E-state index contributed by atoms with van der Waals surface area (Å²) in [7, 11) is 0. The molecule has 3 rings (SSSR count). The summed E-state index contributed by atoms with van der Waals surface area (Å²) in [5.74, 6) is -0.0743. The second kappa shape index (κ2) is 7.06. The number of benzene rings is 2. The molecule has 0 saturated carbocycles. The molecule has 0 radical (unpaired) electrons. The van der Waals surface area contributed by atoms with Gasteiger partial charge in [0.25, 0.3) is 5.89 Å². The number of hydrogen-bond donors (Lipinski definition) is 0. The van der Waals surface area contributed by atoms with Gasteiger partial charge in [-0.2, -0.15) is 4.98 Å². The van der Waals surface area contributed by atoms with E-state index in [2.05, 4.69) is 10.1 Å². The van der Waals surface area contributed by atoms with Crippen LogP contribution in [-0.2, 0) is 11.3 Å². The summed E-state index contributed by atoms with van der Waals surface area (Å²) < 4.78 is 10.2. The van der Waals surface area contributed by atoms with Gasteiger partial charge in [-0.3, -0.25) is 4.79 Å². The Hall–Kier alpha value is -2.99. The van der Waals surface area contributed by atoms with E-state index in [-0.39, 0.29) is 12.5 Å². The van der Waals surface area contributed by atoms with Crippen LogP contribution in [0.4, 0.5) is 0 Å². The van der Waals surface area contributed by atoms with E-state index in [1.54, 1.807) is 24.3 Å². The topological polar surface area (TPSA) is 82.3 Å². The van der Waals surface area contributed by atoms with Crippen molar-refractivity contribution >= 4 is 23.9 Å². The Bertz CT molecular complexity index is 874. The van der Waals surface area contributed by atoms with Gasteiger partial charge in [0.2, 0.25) is 5.82 Å². The molecular weight excluding hydrogens is 332 g/mol. The Labute approximate surface area is 142 Å². The molecule has 0 N–H and O–H groups in total. The Morgan fingerprint density at radius 1 is 1.17 bits per heavy atom. The first kappa shape index (κ1) is 15.9. The number of carbonyl (C=O) groups excluding carboxylic acids is 2. The highest BCUT2D eigenvalue weighted by atomic mass is 35.5. The summed E-state index contributed by atoms with van der Waals surface area (Å²) in [6.07, 6.45) is 0.698. The number of ether oxygens (including phenoxy) is 1. The van der Waals surface area contributed by atoms with E-state index in [0.717, 1.165) is 0 Å². The van der Waals surface area contributed by atoms with Crippen molar-refractivity contribution in [2.45, 2.75) is 6.61 Å². The van der Waals surface area contributed by atoms with E-state index < -0.39 is 5.97 Å². The molecular formula is C17H11ClN2O4. The lowest BCUT2D eigenvalue weighted by atomic mass is 10.1. The third-order valence-electron chi connectivity index (χ3n) is 3.19. The lowest BCUT2D eigenvalue weighted by Crippen LogP contribution is -2.05. The fourth-order valence-electron chi connectivity index (χ4n) is 1.97. The summed E-state index contributed by atoms with van der Waals surface area (Å²) in [5.41, 5.74) is 1.43. The fraction of sp³-hybridized carbons (Fsp3) is 0.0588. The second-order valence-corrected chi connectivity index (χ2v) is 5.21. The standard InChI is InChI=1S/C17H11ClN2O4/c18-14-4-2-1-3-13(14)16-19-15(24-20-16)10-23-17(22)12-7-5-11(9-21)6-8-12/h1-9H,10H2. The number of esters is 1. The Kier molecular flexibility index (Phi) is 4.67. The van der Waals surface area contributed by atoms with E-state index in [4.69, 9.17) is 20.9 Å².